The summed E-state index contributed by atoms with van der Waals surface area (Å²) in [7, 11) is 0. The average Bonchev–Trinajstić information content (AvgIpc) is 2.51. The van der Waals surface area contributed by atoms with Gasteiger partial charge in [-0.2, -0.15) is 5.10 Å². The summed E-state index contributed by atoms with van der Waals surface area (Å²) in [5, 5.41) is 9.09. The Hall–Kier alpha value is -0.880. The number of nitrogens with zero attached hydrogens (tertiary/aromatic N) is 1. The van der Waals surface area contributed by atoms with Crippen LogP contribution in [0.2, 0.25) is 0 Å². The van der Waals surface area contributed by atoms with E-state index in [0.717, 1.165) is 10.9 Å². The molecule has 0 saturated carbocycles. The third kappa shape index (κ3) is 3.12. The molecule has 5 nitrogen and oxygen atoms in total. The van der Waals surface area contributed by atoms with Crippen LogP contribution >= 0.6 is 15.9 Å². The number of H-pyrrole nitrogens is 1. The zero-order valence-corrected chi connectivity index (χ0v) is 9.47. The van der Waals surface area contributed by atoms with Crippen molar-refractivity contribution in [3.8, 4) is 0 Å². The molecule has 0 aliphatic rings. The molecule has 6 heteroatoms. The third-order valence-corrected chi connectivity index (χ3v) is 2.43. The smallest absolute Gasteiger partial charge is 0.227 e. The number of amides is 1. The number of carbonyl (C=O) groups is 1. The largest absolute Gasteiger partial charge is 0.327 e. The summed E-state index contributed by atoms with van der Waals surface area (Å²) in [5.41, 5.74) is 5.64. The van der Waals surface area contributed by atoms with Crippen LogP contribution < -0.4 is 11.1 Å². The van der Waals surface area contributed by atoms with Gasteiger partial charge in [-0.15, -0.1) is 0 Å². The fraction of sp³-hybridized carbons (Fsp3) is 0.500. The molecule has 1 heterocycles. The van der Waals surface area contributed by atoms with E-state index in [9.17, 15) is 4.79 Å². The van der Waals surface area contributed by atoms with Crippen LogP contribution in [0, 0.1) is 0 Å². The van der Waals surface area contributed by atoms with Crippen LogP contribution in [0.25, 0.3) is 0 Å². The van der Waals surface area contributed by atoms with Crippen LogP contribution in [0.3, 0.4) is 0 Å². The molecule has 1 unspecified atom stereocenters. The van der Waals surface area contributed by atoms with Crippen LogP contribution in [0.5, 0.6) is 0 Å². The van der Waals surface area contributed by atoms with Crippen molar-refractivity contribution in [3.05, 3.63) is 10.7 Å². The molecule has 0 saturated heterocycles. The fourth-order valence-electron chi connectivity index (χ4n) is 0.932. The fourth-order valence-corrected chi connectivity index (χ4v) is 1.22. The maximum Gasteiger partial charge on any atom is 0.227 e. The van der Waals surface area contributed by atoms with Crippen molar-refractivity contribution in [1.82, 2.24) is 10.2 Å². The van der Waals surface area contributed by atoms with E-state index in [-0.39, 0.29) is 11.9 Å². The number of carbonyl (C=O) groups excluding carboxylic acids is 1. The van der Waals surface area contributed by atoms with Gasteiger partial charge in [0.2, 0.25) is 5.91 Å². The molecule has 0 aliphatic heterocycles. The second kappa shape index (κ2) is 5.11. The summed E-state index contributed by atoms with van der Waals surface area (Å²) in [4.78, 5) is 11.4. The monoisotopic (exact) mass is 260 g/mol. The maximum atomic E-state index is 11.4. The van der Waals surface area contributed by atoms with E-state index < -0.39 is 0 Å². The predicted octanol–water partition coefficient (Wildman–Crippen LogP) is 1.24. The number of nitrogens with one attached hydrogen (secondary N) is 2. The summed E-state index contributed by atoms with van der Waals surface area (Å²) in [6, 6.07) is -0.0864. The molecule has 0 bridgehead atoms. The molecule has 1 atom stereocenters. The Morgan fingerprint density at radius 1 is 1.86 bits per heavy atom. The molecular formula is C8H13BrN4O. The van der Waals surface area contributed by atoms with Gasteiger partial charge in [-0.3, -0.25) is 9.89 Å². The molecule has 0 aliphatic carbocycles. The number of anilines is 1. The number of halogens is 1. The Labute approximate surface area is 90.6 Å². The lowest BCUT2D eigenvalue weighted by Gasteiger charge is -2.07. The number of aromatic nitrogens is 2. The molecule has 1 rings (SSSR count). The van der Waals surface area contributed by atoms with Crippen molar-refractivity contribution in [2.45, 2.75) is 25.8 Å². The van der Waals surface area contributed by atoms with Crippen molar-refractivity contribution in [2.75, 3.05) is 5.32 Å². The van der Waals surface area contributed by atoms with Crippen molar-refractivity contribution >= 4 is 27.7 Å². The van der Waals surface area contributed by atoms with Crippen LogP contribution in [-0.4, -0.2) is 22.1 Å². The first-order chi connectivity index (χ1) is 6.63. The van der Waals surface area contributed by atoms with Crippen LogP contribution in [0.4, 0.5) is 5.82 Å². The van der Waals surface area contributed by atoms with E-state index in [0.29, 0.717) is 12.2 Å². The average molecular weight is 261 g/mol. The minimum Gasteiger partial charge on any atom is -0.327 e. The molecule has 0 fully saturated rings. The quantitative estimate of drug-likeness (QED) is 0.762. The normalized spacial score (nSPS) is 12.5. The van der Waals surface area contributed by atoms with Crippen molar-refractivity contribution in [3.63, 3.8) is 0 Å². The van der Waals surface area contributed by atoms with Gasteiger partial charge in [0.1, 0.15) is 5.82 Å². The molecule has 0 radical (unpaired) electrons. The third-order valence-electron chi connectivity index (χ3n) is 1.83. The van der Waals surface area contributed by atoms with E-state index in [1.165, 1.54) is 0 Å². The highest BCUT2D eigenvalue weighted by Crippen LogP contribution is 2.17. The van der Waals surface area contributed by atoms with E-state index >= 15 is 0 Å². The van der Waals surface area contributed by atoms with Gasteiger partial charge in [-0.05, 0) is 22.4 Å². The molecule has 0 aromatic carbocycles. The molecular weight excluding hydrogens is 248 g/mol. The standard InChI is InChI=1S/C8H13BrN4O/c1-2-5(10)3-7(14)12-8-6(9)4-11-13-8/h4-5H,2-3,10H2,1H3,(H2,11,12,13,14). The molecule has 1 amide bonds. The molecule has 0 spiro atoms. The van der Waals surface area contributed by atoms with Crippen LogP contribution in [0.15, 0.2) is 10.7 Å². The zero-order chi connectivity index (χ0) is 10.6. The highest BCUT2D eigenvalue weighted by molar-refractivity contribution is 9.10. The number of rotatable bonds is 4. The molecule has 4 N–H and O–H groups in total. The van der Waals surface area contributed by atoms with Gasteiger partial charge >= 0.3 is 0 Å². The summed E-state index contributed by atoms with van der Waals surface area (Å²) >= 11 is 3.24. The van der Waals surface area contributed by atoms with Crippen molar-refractivity contribution < 1.29 is 4.79 Å². The highest BCUT2D eigenvalue weighted by atomic mass is 79.9. The lowest BCUT2D eigenvalue weighted by Crippen LogP contribution is -2.26. The Balaban J connectivity index is 2.45. The van der Waals surface area contributed by atoms with Crippen molar-refractivity contribution in [1.29, 1.82) is 0 Å². The first-order valence-electron chi connectivity index (χ1n) is 4.37. The molecule has 1 aromatic rings. The van der Waals surface area contributed by atoms with E-state index in [1.807, 2.05) is 6.92 Å². The SMILES string of the molecule is CCC(N)CC(=O)Nc1[nH]ncc1Br. The lowest BCUT2D eigenvalue weighted by atomic mass is 10.1. The van der Waals surface area contributed by atoms with E-state index in [1.54, 1.807) is 6.20 Å². The first kappa shape index (κ1) is 11.2. The topological polar surface area (TPSA) is 83.8 Å². The summed E-state index contributed by atoms with van der Waals surface area (Å²) in [6.07, 6.45) is 2.69. The summed E-state index contributed by atoms with van der Waals surface area (Å²) in [6.45, 7) is 1.95. The maximum absolute atomic E-state index is 11.4. The minimum absolute atomic E-state index is 0.0864. The number of aromatic amines is 1. The Morgan fingerprint density at radius 2 is 2.57 bits per heavy atom. The second-order valence-corrected chi connectivity index (χ2v) is 3.87. The summed E-state index contributed by atoms with van der Waals surface area (Å²) < 4.78 is 0.732. The summed E-state index contributed by atoms with van der Waals surface area (Å²) in [5.74, 6) is 0.461. The van der Waals surface area contributed by atoms with Gasteiger partial charge < -0.3 is 11.1 Å². The number of hydrogen-bond acceptors (Lipinski definition) is 3. The van der Waals surface area contributed by atoms with Gasteiger partial charge in [0.25, 0.3) is 0 Å². The highest BCUT2D eigenvalue weighted by Gasteiger charge is 2.10. The van der Waals surface area contributed by atoms with Gasteiger partial charge in [0, 0.05) is 12.5 Å². The second-order valence-electron chi connectivity index (χ2n) is 3.01. The molecule has 78 valence electrons. The minimum atomic E-state index is -0.107. The van der Waals surface area contributed by atoms with Crippen LogP contribution in [-0.2, 0) is 4.79 Å². The first-order valence-corrected chi connectivity index (χ1v) is 5.17. The predicted molar refractivity (Wildman–Crippen MR) is 57.8 cm³/mol. The van der Waals surface area contributed by atoms with Gasteiger partial charge in [0.05, 0.1) is 10.7 Å². The molecule has 1 aromatic heterocycles. The Kier molecular flexibility index (Phi) is 4.09. The Morgan fingerprint density at radius 3 is 3.07 bits per heavy atom. The Bertz CT molecular complexity index is 312. The number of hydrogen-bond donors (Lipinski definition) is 3. The number of nitrogens with two attached hydrogens (primary N) is 1. The van der Waals surface area contributed by atoms with Gasteiger partial charge in [-0.25, -0.2) is 0 Å². The van der Waals surface area contributed by atoms with Crippen molar-refractivity contribution in [2.24, 2.45) is 5.73 Å². The van der Waals surface area contributed by atoms with Crippen LogP contribution in [0.1, 0.15) is 19.8 Å². The van der Waals surface area contributed by atoms with E-state index in [4.69, 9.17) is 5.73 Å². The van der Waals surface area contributed by atoms with E-state index in [2.05, 4.69) is 31.4 Å². The molecule has 14 heavy (non-hydrogen) atoms. The lowest BCUT2D eigenvalue weighted by molar-refractivity contribution is -0.116. The van der Waals surface area contributed by atoms with Gasteiger partial charge in [0.15, 0.2) is 0 Å². The van der Waals surface area contributed by atoms with Gasteiger partial charge in [-0.1, -0.05) is 6.92 Å². The zero-order valence-electron chi connectivity index (χ0n) is 7.88.